The predicted molar refractivity (Wildman–Crippen MR) is 101 cm³/mol. The van der Waals surface area contributed by atoms with Gasteiger partial charge in [-0.25, -0.2) is 0 Å². The molecule has 5 heteroatoms. The zero-order valence-corrected chi connectivity index (χ0v) is 15.6. The van der Waals surface area contributed by atoms with Crippen molar-refractivity contribution in [2.75, 3.05) is 25.1 Å². The first-order valence-corrected chi connectivity index (χ1v) is 9.21. The Labute approximate surface area is 152 Å². The summed E-state index contributed by atoms with van der Waals surface area (Å²) in [5, 5.41) is 7.40. The molecule has 3 rings (SSSR count). The number of nitrogens with zero attached hydrogens (tertiary/aromatic N) is 1. The monoisotopic (exact) mass is 389 g/mol. The fourth-order valence-corrected chi connectivity index (χ4v) is 3.56. The van der Waals surface area contributed by atoms with Gasteiger partial charge in [-0.05, 0) is 47.3 Å². The largest absolute Gasteiger partial charge is 0.382 e. The lowest BCUT2D eigenvalue weighted by Crippen LogP contribution is -2.54. The normalized spacial score (nSPS) is 18.1. The smallest absolute Gasteiger partial charge is 0.0538 e. The summed E-state index contributed by atoms with van der Waals surface area (Å²) in [7, 11) is 0. The van der Waals surface area contributed by atoms with Gasteiger partial charge in [-0.1, -0.05) is 30.3 Å². The van der Waals surface area contributed by atoms with Gasteiger partial charge in [0.15, 0.2) is 0 Å². The van der Waals surface area contributed by atoms with Crippen molar-refractivity contribution in [1.82, 2.24) is 10.3 Å². The summed E-state index contributed by atoms with van der Waals surface area (Å²) in [6, 6.07) is 13.0. The van der Waals surface area contributed by atoms with Gasteiger partial charge in [0, 0.05) is 42.0 Å². The van der Waals surface area contributed by atoms with Crippen molar-refractivity contribution in [2.24, 2.45) is 0 Å². The molecule has 1 aliphatic rings. The van der Waals surface area contributed by atoms with E-state index in [9.17, 15) is 0 Å². The maximum Gasteiger partial charge on any atom is 0.0538 e. The Hall–Kier alpha value is -1.43. The summed E-state index contributed by atoms with van der Waals surface area (Å²) >= 11 is 3.47. The van der Waals surface area contributed by atoms with Crippen LogP contribution >= 0.6 is 15.9 Å². The molecule has 0 bridgehead atoms. The van der Waals surface area contributed by atoms with Gasteiger partial charge in [0.25, 0.3) is 0 Å². The number of aromatic nitrogens is 1. The Morgan fingerprint density at radius 3 is 2.67 bits per heavy atom. The highest BCUT2D eigenvalue weighted by Crippen LogP contribution is 2.26. The summed E-state index contributed by atoms with van der Waals surface area (Å²) in [4.78, 5) is 4.22. The van der Waals surface area contributed by atoms with Gasteiger partial charge in [-0.2, -0.15) is 0 Å². The van der Waals surface area contributed by atoms with Crippen molar-refractivity contribution in [3.63, 3.8) is 0 Å². The molecule has 0 aliphatic carbocycles. The number of rotatable bonds is 6. The third-order valence-corrected chi connectivity index (χ3v) is 5.04. The summed E-state index contributed by atoms with van der Waals surface area (Å²) in [6.45, 7) is 4.68. The number of halogens is 1. The second-order valence-corrected chi connectivity index (χ2v) is 7.33. The van der Waals surface area contributed by atoms with Gasteiger partial charge >= 0.3 is 0 Å². The Bertz CT molecular complexity index is 644. The first-order valence-electron chi connectivity index (χ1n) is 8.42. The van der Waals surface area contributed by atoms with Crippen LogP contribution in [0.15, 0.2) is 53.3 Å². The van der Waals surface area contributed by atoms with Gasteiger partial charge < -0.3 is 15.4 Å². The van der Waals surface area contributed by atoms with Crippen LogP contribution in [-0.2, 0) is 4.74 Å². The lowest BCUT2D eigenvalue weighted by Gasteiger charge is -2.41. The number of ether oxygens (including phenoxy) is 1. The minimum Gasteiger partial charge on any atom is -0.382 e. The molecule has 1 aromatic heterocycles. The second-order valence-electron chi connectivity index (χ2n) is 6.41. The van der Waals surface area contributed by atoms with E-state index in [1.807, 2.05) is 6.20 Å². The molecule has 1 atom stereocenters. The second kappa shape index (κ2) is 8.10. The van der Waals surface area contributed by atoms with Crippen molar-refractivity contribution in [1.29, 1.82) is 0 Å². The average molecular weight is 390 g/mol. The van der Waals surface area contributed by atoms with Crippen molar-refractivity contribution < 1.29 is 4.74 Å². The van der Waals surface area contributed by atoms with E-state index < -0.39 is 0 Å². The van der Waals surface area contributed by atoms with Crippen LogP contribution < -0.4 is 10.6 Å². The Balaban J connectivity index is 1.70. The van der Waals surface area contributed by atoms with E-state index in [2.05, 4.69) is 74.9 Å². The van der Waals surface area contributed by atoms with Gasteiger partial charge in [0.05, 0.1) is 11.9 Å². The van der Waals surface area contributed by atoms with Crippen LogP contribution in [0, 0.1) is 0 Å². The molecule has 1 fully saturated rings. The minimum atomic E-state index is 0.0236. The van der Waals surface area contributed by atoms with Crippen molar-refractivity contribution in [3.8, 4) is 0 Å². The van der Waals surface area contributed by atoms with Crippen molar-refractivity contribution >= 4 is 21.6 Å². The van der Waals surface area contributed by atoms with Crippen LogP contribution in [-0.4, -0.2) is 30.3 Å². The standard InChI is InChI=1S/C19H24BrN3O/c1-15(16-5-3-2-4-6-16)23-19(7-9-24-10-8-19)14-22-18-11-17(20)12-21-13-18/h2-6,11-13,15,22-23H,7-10,14H2,1H3. The summed E-state index contributed by atoms with van der Waals surface area (Å²) in [5.41, 5.74) is 2.37. The zero-order valence-electron chi connectivity index (χ0n) is 14.0. The van der Waals surface area contributed by atoms with Crippen LogP contribution in [0.3, 0.4) is 0 Å². The third-order valence-electron chi connectivity index (χ3n) is 4.61. The number of hydrogen-bond acceptors (Lipinski definition) is 4. The molecule has 0 saturated carbocycles. The molecule has 1 saturated heterocycles. The third kappa shape index (κ3) is 4.56. The van der Waals surface area contributed by atoms with Crippen molar-refractivity contribution in [3.05, 3.63) is 58.8 Å². The van der Waals surface area contributed by atoms with E-state index in [0.717, 1.165) is 42.8 Å². The zero-order chi connectivity index (χ0) is 16.8. The number of anilines is 1. The highest BCUT2D eigenvalue weighted by molar-refractivity contribution is 9.10. The van der Waals surface area contributed by atoms with E-state index in [-0.39, 0.29) is 5.54 Å². The first-order chi connectivity index (χ1) is 11.7. The van der Waals surface area contributed by atoms with E-state index in [0.29, 0.717) is 6.04 Å². The lowest BCUT2D eigenvalue weighted by molar-refractivity contribution is 0.0389. The predicted octanol–water partition coefficient (Wildman–Crippen LogP) is 4.16. The highest BCUT2D eigenvalue weighted by atomic mass is 79.9. The quantitative estimate of drug-likeness (QED) is 0.778. The minimum absolute atomic E-state index is 0.0236. The van der Waals surface area contributed by atoms with Crippen LogP contribution in [0.4, 0.5) is 5.69 Å². The highest BCUT2D eigenvalue weighted by Gasteiger charge is 2.33. The molecule has 2 aromatic rings. The van der Waals surface area contributed by atoms with Gasteiger partial charge in [0.2, 0.25) is 0 Å². The first kappa shape index (κ1) is 17.4. The maximum absolute atomic E-state index is 5.60. The molecule has 1 aromatic carbocycles. The fraction of sp³-hybridized carbons (Fsp3) is 0.421. The Kier molecular flexibility index (Phi) is 5.87. The summed E-state index contributed by atoms with van der Waals surface area (Å²) < 4.78 is 6.58. The Morgan fingerprint density at radius 2 is 1.96 bits per heavy atom. The molecule has 1 unspecified atom stereocenters. The number of benzene rings is 1. The molecular formula is C19H24BrN3O. The van der Waals surface area contributed by atoms with Gasteiger partial charge in [-0.3, -0.25) is 4.98 Å². The number of nitrogens with one attached hydrogen (secondary N) is 2. The van der Waals surface area contributed by atoms with E-state index in [4.69, 9.17) is 4.74 Å². The molecule has 4 nitrogen and oxygen atoms in total. The molecule has 24 heavy (non-hydrogen) atoms. The molecule has 2 N–H and O–H groups in total. The average Bonchev–Trinajstić information content (AvgIpc) is 2.62. The van der Waals surface area contributed by atoms with E-state index in [1.54, 1.807) is 6.20 Å². The SMILES string of the molecule is CC(NC1(CNc2cncc(Br)c2)CCOCC1)c1ccccc1. The summed E-state index contributed by atoms with van der Waals surface area (Å²) in [6.07, 6.45) is 5.65. The molecule has 128 valence electrons. The van der Waals surface area contributed by atoms with Gasteiger partial charge in [-0.15, -0.1) is 0 Å². The molecule has 2 heterocycles. The fourth-order valence-electron chi connectivity index (χ4n) is 3.20. The molecule has 0 amide bonds. The molecular weight excluding hydrogens is 366 g/mol. The maximum atomic E-state index is 5.60. The molecule has 0 spiro atoms. The van der Waals surface area contributed by atoms with Crippen LogP contribution in [0.2, 0.25) is 0 Å². The molecule has 0 radical (unpaired) electrons. The number of pyridine rings is 1. The van der Waals surface area contributed by atoms with Crippen molar-refractivity contribution in [2.45, 2.75) is 31.3 Å². The number of hydrogen-bond donors (Lipinski definition) is 2. The molecule has 1 aliphatic heterocycles. The van der Waals surface area contributed by atoms with E-state index in [1.165, 1.54) is 5.56 Å². The van der Waals surface area contributed by atoms with Gasteiger partial charge in [0.1, 0.15) is 0 Å². The lowest BCUT2D eigenvalue weighted by atomic mass is 9.88. The Morgan fingerprint density at radius 1 is 1.21 bits per heavy atom. The van der Waals surface area contributed by atoms with E-state index >= 15 is 0 Å². The topological polar surface area (TPSA) is 46.2 Å². The summed E-state index contributed by atoms with van der Waals surface area (Å²) in [5.74, 6) is 0. The van der Waals surface area contributed by atoms with Crippen LogP contribution in [0.5, 0.6) is 0 Å². The van der Waals surface area contributed by atoms with Crippen LogP contribution in [0.25, 0.3) is 0 Å². The van der Waals surface area contributed by atoms with Crippen LogP contribution in [0.1, 0.15) is 31.4 Å².